The Hall–Kier alpha value is -1.34. The Morgan fingerprint density at radius 2 is 2.07 bits per heavy atom. The van der Waals surface area contributed by atoms with E-state index >= 15 is 0 Å². The third-order valence-corrected chi connectivity index (χ3v) is 5.55. The highest BCUT2D eigenvalue weighted by Gasteiger charge is 2.29. The number of nitrogens with zero attached hydrogens (tertiary/aromatic N) is 2. The number of aliphatic carboxylic acids is 1. The summed E-state index contributed by atoms with van der Waals surface area (Å²) in [6, 6.07) is 5.87. The van der Waals surface area contributed by atoms with Crippen LogP contribution in [0.1, 0.15) is 18.9 Å². The van der Waals surface area contributed by atoms with Crippen LogP contribution >= 0.6 is 11.6 Å². The Kier molecular flexibility index (Phi) is 7.35. The molecule has 27 heavy (non-hydrogen) atoms. The summed E-state index contributed by atoms with van der Waals surface area (Å²) in [4.78, 5) is 15.9. The summed E-state index contributed by atoms with van der Waals surface area (Å²) in [5.41, 5.74) is 1.08. The van der Waals surface area contributed by atoms with Crippen LogP contribution in [0.15, 0.2) is 18.2 Å². The van der Waals surface area contributed by atoms with Gasteiger partial charge in [0.15, 0.2) is 0 Å². The first kappa shape index (κ1) is 20.4. The minimum atomic E-state index is -0.700. The van der Waals surface area contributed by atoms with E-state index in [2.05, 4.69) is 16.7 Å². The van der Waals surface area contributed by atoms with Crippen molar-refractivity contribution in [3.63, 3.8) is 0 Å². The predicted octanol–water partition coefficient (Wildman–Crippen LogP) is 2.59. The van der Waals surface area contributed by atoms with Gasteiger partial charge in [-0.25, -0.2) is 0 Å². The number of hydrogen-bond acceptors (Lipinski definition) is 5. The van der Waals surface area contributed by atoms with E-state index in [1.807, 2.05) is 18.2 Å². The summed E-state index contributed by atoms with van der Waals surface area (Å²) in [7, 11) is 0. The van der Waals surface area contributed by atoms with Gasteiger partial charge in [0.1, 0.15) is 12.4 Å². The van der Waals surface area contributed by atoms with Crippen molar-refractivity contribution in [3.05, 3.63) is 28.8 Å². The van der Waals surface area contributed by atoms with Crippen molar-refractivity contribution < 1.29 is 19.4 Å². The van der Waals surface area contributed by atoms with Crippen LogP contribution in [0.3, 0.4) is 0 Å². The largest absolute Gasteiger partial charge is 0.491 e. The molecule has 2 aliphatic heterocycles. The molecule has 0 aromatic heterocycles. The molecule has 0 aliphatic carbocycles. The van der Waals surface area contributed by atoms with Gasteiger partial charge in [0, 0.05) is 39.3 Å². The van der Waals surface area contributed by atoms with Gasteiger partial charge in [-0.2, -0.15) is 0 Å². The zero-order valence-corrected chi connectivity index (χ0v) is 16.7. The van der Waals surface area contributed by atoms with Crippen molar-refractivity contribution in [2.24, 2.45) is 11.8 Å². The monoisotopic (exact) mass is 396 g/mol. The highest BCUT2D eigenvalue weighted by atomic mass is 35.5. The van der Waals surface area contributed by atoms with Gasteiger partial charge in [-0.05, 0) is 30.0 Å². The SMILES string of the molecule is CC1CC(C(=O)O)CN(Cc2ccc(OCCN3CCOCC3)c(Cl)c2)C1. The average Bonchev–Trinajstić information content (AvgIpc) is 2.64. The number of hydrogen-bond donors (Lipinski definition) is 1. The normalized spacial score (nSPS) is 24.7. The molecule has 2 aliphatic rings. The van der Waals surface area contributed by atoms with Crippen LogP contribution in [0.2, 0.25) is 5.02 Å². The molecular weight excluding hydrogens is 368 g/mol. The zero-order chi connectivity index (χ0) is 19.2. The molecule has 0 amide bonds. The lowest BCUT2D eigenvalue weighted by atomic mass is 9.90. The Labute approximate surface area is 166 Å². The number of halogens is 1. The highest BCUT2D eigenvalue weighted by Crippen LogP contribution is 2.28. The topological polar surface area (TPSA) is 62.2 Å². The molecule has 1 aromatic carbocycles. The maximum atomic E-state index is 11.3. The average molecular weight is 397 g/mol. The molecule has 3 rings (SSSR count). The Morgan fingerprint density at radius 3 is 2.78 bits per heavy atom. The fourth-order valence-electron chi connectivity index (χ4n) is 3.90. The van der Waals surface area contributed by atoms with Gasteiger partial charge in [0.2, 0.25) is 0 Å². The first-order valence-electron chi connectivity index (χ1n) is 9.67. The van der Waals surface area contributed by atoms with Crippen LogP contribution in [0, 0.1) is 11.8 Å². The maximum absolute atomic E-state index is 11.3. The first-order chi connectivity index (χ1) is 13.0. The summed E-state index contributed by atoms with van der Waals surface area (Å²) < 4.78 is 11.2. The molecule has 2 unspecified atom stereocenters. The van der Waals surface area contributed by atoms with Crippen LogP contribution in [0.4, 0.5) is 0 Å². The third kappa shape index (κ3) is 6.07. The van der Waals surface area contributed by atoms with E-state index < -0.39 is 5.97 Å². The number of ether oxygens (including phenoxy) is 2. The van der Waals surface area contributed by atoms with Gasteiger partial charge in [-0.15, -0.1) is 0 Å². The van der Waals surface area contributed by atoms with Crippen LogP contribution in [0.5, 0.6) is 5.75 Å². The molecule has 0 bridgehead atoms. The predicted molar refractivity (Wildman–Crippen MR) is 104 cm³/mol. The van der Waals surface area contributed by atoms with Crippen molar-refractivity contribution in [1.82, 2.24) is 9.80 Å². The number of piperidine rings is 1. The highest BCUT2D eigenvalue weighted by molar-refractivity contribution is 6.32. The second-order valence-electron chi connectivity index (χ2n) is 7.64. The molecule has 0 radical (unpaired) electrons. The summed E-state index contributed by atoms with van der Waals surface area (Å²) in [6.07, 6.45) is 0.752. The van der Waals surface area contributed by atoms with E-state index in [4.69, 9.17) is 21.1 Å². The molecule has 2 saturated heterocycles. The Bertz CT molecular complexity index is 636. The Balaban J connectivity index is 1.50. The molecule has 7 heteroatoms. The fourth-order valence-corrected chi connectivity index (χ4v) is 4.15. The van der Waals surface area contributed by atoms with E-state index in [-0.39, 0.29) is 5.92 Å². The molecule has 0 saturated carbocycles. The molecule has 1 N–H and O–H groups in total. The van der Waals surface area contributed by atoms with Gasteiger partial charge in [-0.1, -0.05) is 24.6 Å². The number of morpholine rings is 1. The first-order valence-corrected chi connectivity index (χ1v) is 10.1. The molecule has 1 aromatic rings. The Morgan fingerprint density at radius 1 is 1.30 bits per heavy atom. The number of benzene rings is 1. The standard InChI is InChI=1S/C20H29ClN2O4/c1-15-10-17(20(24)25)14-23(12-15)13-16-2-3-19(18(21)11-16)27-9-6-22-4-7-26-8-5-22/h2-3,11,15,17H,4-10,12-14H2,1H3,(H,24,25). The lowest BCUT2D eigenvalue weighted by Gasteiger charge is -2.34. The minimum absolute atomic E-state index is 0.285. The minimum Gasteiger partial charge on any atom is -0.491 e. The summed E-state index contributed by atoms with van der Waals surface area (Å²) in [6.45, 7) is 9.26. The van der Waals surface area contributed by atoms with Gasteiger partial charge in [0.25, 0.3) is 0 Å². The quantitative estimate of drug-likeness (QED) is 0.764. The zero-order valence-electron chi connectivity index (χ0n) is 15.9. The number of likely N-dealkylation sites (tertiary alicyclic amines) is 1. The maximum Gasteiger partial charge on any atom is 0.307 e. The van der Waals surface area contributed by atoms with Crippen molar-refractivity contribution in [2.45, 2.75) is 19.9 Å². The molecule has 2 heterocycles. The van der Waals surface area contributed by atoms with E-state index in [1.165, 1.54) is 0 Å². The molecule has 6 nitrogen and oxygen atoms in total. The van der Waals surface area contributed by atoms with Crippen LogP contribution in [-0.4, -0.2) is 73.4 Å². The van der Waals surface area contributed by atoms with E-state index in [0.717, 1.165) is 51.4 Å². The summed E-state index contributed by atoms with van der Waals surface area (Å²) in [5.74, 6) is 0.0998. The number of carboxylic acids is 1. The molecule has 0 spiro atoms. The number of carbonyl (C=O) groups is 1. The van der Waals surface area contributed by atoms with Crippen LogP contribution in [0.25, 0.3) is 0 Å². The lowest BCUT2D eigenvalue weighted by molar-refractivity contribution is -0.144. The second kappa shape index (κ2) is 9.73. The fraction of sp³-hybridized carbons (Fsp3) is 0.650. The van der Waals surface area contributed by atoms with E-state index in [9.17, 15) is 9.90 Å². The van der Waals surface area contributed by atoms with Crippen molar-refractivity contribution in [3.8, 4) is 5.75 Å². The van der Waals surface area contributed by atoms with Gasteiger partial charge < -0.3 is 14.6 Å². The molecular formula is C20H29ClN2O4. The summed E-state index contributed by atoms with van der Waals surface area (Å²) in [5, 5.41) is 9.93. The van der Waals surface area contributed by atoms with Gasteiger partial charge >= 0.3 is 5.97 Å². The van der Waals surface area contributed by atoms with Crippen LogP contribution < -0.4 is 4.74 Å². The van der Waals surface area contributed by atoms with Gasteiger partial charge in [0.05, 0.1) is 24.2 Å². The third-order valence-electron chi connectivity index (χ3n) is 5.26. The summed E-state index contributed by atoms with van der Waals surface area (Å²) >= 11 is 6.41. The number of carboxylic acid groups (broad SMARTS) is 1. The molecule has 2 atom stereocenters. The van der Waals surface area contributed by atoms with Crippen molar-refractivity contribution in [1.29, 1.82) is 0 Å². The van der Waals surface area contributed by atoms with Crippen molar-refractivity contribution >= 4 is 17.6 Å². The van der Waals surface area contributed by atoms with Crippen LogP contribution in [-0.2, 0) is 16.1 Å². The van der Waals surface area contributed by atoms with E-state index in [1.54, 1.807) is 0 Å². The lowest BCUT2D eigenvalue weighted by Crippen LogP contribution is -2.41. The molecule has 150 valence electrons. The second-order valence-corrected chi connectivity index (χ2v) is 8.04. The van der Waals surface area contributed by atoms with Gasteiger partial charge in [-0.3, -0.25) is 14.6 Å². The van der Waals surface area contributed by atoms with E-state index in [0.29, 0.717) is 36.4 Å². The van der Waals surface area contributed by atoms with Crippen molar-refractivity contribution in [2.75, 3.05) is 52.5 Å². The smallest absolute Gasteiger partial charge is 0.307 e. The number of rotatable bonds is 7. The molecule has 2 fully saturated rings.